The van der Waals surface area contributed by atoms with Crippen LogP contribution in [0.5, 0.6) is 0 Å². The Labute approximate surface area is 280 Å². The van der Waals surface area contributed by atoms with Gasteiger partial charge >= 0.3 is 5.97 Å². The third-order valence-corrected chi connectivity index (χ3v) is 9.50. The summed E-state index contributed by atoms with van der Waals surface area (Å²) >= 11 is 1.58. The van der Waals surface area contributed by atoms with E-state index >= 15 is 0 Å². The highest BCUT2D eigenvalue weighted by molar-refractivity contribution is 7.13. The average Bonchev–Trinajstić information content (AvgIpc) is 3.62. The average molecular weight is 663 g/mol. The molecule has 252 valence electrons. The first-order chi connectivity index (χ1) is 22.2. The van der Waals surface area contributed by atoms with Gasteiger partial charge in [-0.1, -0.05) is 69.3 Å². The molecule has 0 radical (unpaired) electrons. The zero-order valence-corrected chi connectivity index (χ0v) is 28.6. The molecule has 4 atom stereocenters. The number of carbonyl (C=O) groups is 4. The number of aliphatic hydroxyl groups excluding tert-OH is 1. The predicted octanol–water partition coefficient (Wildman–Crippen LogP) is 4.83. The Hall–Kier alpha value is -4.09. The molecule has 1 aliphatic rings. The van der Waals surface area contributed by atoms with Gasteiger partial charge in [-0.25, -0.2) is 4.98 Å². The number of amides is 3. The number of likely N-dealkylation sites (tertiary alicyclic amines) is 1. The monoisotopic (exact) mass is 662 g/mol. The van der Waals surface area contributed by atoms with Crippen molar-refractivity contribution in [1.29, 1.82) is 0 Å². The number of carboxylic acids is 1. The van der Waals surface area contributed by atoms with Crippen LogP contribution in [0.25, 0.3) is 10.4 Å². The van der Waals surface area contributed by atoms with Crippen LogP contribution in [0.4, 0.5) is 0 Å². The predicted molar refractivity (Wildman–Crippen MR) is 182 cm³/mol. The second kappa shape index (κ2) is 15.7. The number of carbonyl (C=O) groups excluding carboxylic acids is 3. The Morgan fingerprint density at radius 1 is 1.04 bits per heavy atom. The highest BCUT2D eigenvalue weighted by atomic mass is 32.1. The van der Waals surface area contributed by atoms with E-state index in [9.17, 15) is 24.3 Å². The molecule has 0 spiro atoms. The van der Waals surface area contributed by atoms with E-state index < -0.39 is 35.5 Å². The van der Waals surface area contributed by atoms with E-state index in [1.165, 1.54) is 4.90 Å². The number of nitrogens with one attached hydrogen (secondary N) is 2. The molecule has 4 N–H and O–H groups in total. The number of aliphatic carboxylic acids is 1. The molecule has 10 nitrogen and oxygen atoms in total. The van der Waals surface area contributed by atoms with Crippen molar-refractivity contribution >= 4 is 35.0 Å². The summed E-state index contributed by atoms with van der Waals surface area (Å²) in [7, 11) is 0. The fraction of sp³-hybridized carbons (Fsp3) is 0.472. The van der Waals surface area contributed by atoms with E-state index in [4.69, 9.17) is 5.11 Å². The highest BCUT2D eigenvalue weighted by Crippen LogP contribution is 2.29. The smallest absolute Gasteiger partial charge is 0.303 e. The van der Waals surface area contributed by atoms with Crippen molar-refractivity contribution in [3.63, 3.8) is 0 Å². The molecular weight excluding hydrogens is 616 g/mol. The summed E-state index contributed by atoms with van der Waals surface area (Å²) < 4.78 is 0. The normalized spacial score (nSPS) is 17.6. The quantitative estimate of drug-likeness (QED) is 0.192. The van der Waals surface area contributed by atoms with Crippen LogP contribution in [0.15, 0.2) is 54.0 Å². The van der Waals surface area contributed by atoms with Gasteiger partial charge in [0.05, 0.1) is 34.6 Å². The van der Waals surface area contributed by atoms with Crippen molar-refractivity contribution in [3.05, 3.63) is 76.4 Å². The number of carboxylic acid groups (broad SMARTS) is 1. The third-order valence-electron chi connectivity index (χ3n) is 8.52. The van der Waals surface area contributed by atoms with Gasteiger partial charge in [0.1, 0.15) is 12.1 Å². The number of rotatable bonds is 13. The number of unbranched alkanes of at least 4 members (excludes halogenated alkanes) is 1. The maximum Gasteiger partial charge on any atom is 0.303 e. The Morgan fingerprint density at radius 2 is 1.74 bits per heavy atom. The Bertz CT molecular complexity index is 1560. The maximum atomic E-state index is 14.0. The Balaban J connectivity index is 1.40. The number of aliphatic hydroxyl groups is 1. The zero-order chi connectivity index (χ0) is 34.3. The number of aromatic nitrogens is 1. The molecule has 1 aliphatic heterocycles. The summed E-state index contributed by atoms with van der Waals surface area (Å²) in [6.45, 7) is 9.42. The lowest BCUT2D eigenvalue weighted by atomic mass is 9.85. The molecule has 4 rings (SSSR count). The summed E-state index contributed by atoms with van der Waals surface area (Å²) in [4.78, 5) is 58.4. The van der Waals surface area contributed by atoms with Crippen molar-refractivity contribution < 1.29 is 29.4 Å². The molecule has 1 aromatic heterocycles. The highest BCUT2D eigenvalue weighted by Gasteiger charge is 2.44. The van der Waals surface area contributed by atoms with Crippen LogP contribution in [0.1, 0.15) is 81.8 Å². The molecule has 47 heavy (non-hydrogen) atoms. The molecule has 3 amide bonds. The second-order valence-electron chi connectivity index (χ2n) is 13.5. The molecule has 0 saturated carbocycles. The number of thiazole rings is 1. The maximum absolute atomic E-state index is 14.0. The van der Waals surface area contributed by atoms with Crippen molar-refractivity contribution in [2.45, 2.75) is 97.4 Å². The number of nitrogens with zero attached hydrogens (tertiary/aromatic N) is 2. The zero-order valence-electron chi connectivity index (χ0n) is 27.8. The first-order valence-electron chi connectivity index (χ1n) is 16.1. The van der Waals surface area contributed by atoms with E-state index in [1.54, 1.807) is 11.3 Å². The van der Waals surface area contributed by atoms with E-state index in [-0.39, 0.29) is 43.7 Å². The van der Waals surface area contributed by atoms with E-state index in [0.717, 1.165) is 39.2 Å². The summed E-state index contributed by atoms with van der Waals surface area (Å²) in [6, 6.07) is 13.4. The number of hydrogen-bond donors (Lipinski definition) is 4. The lowest BCUT2D eigenvalue weighted by molar-refractivity contribution is -0.144. The molecule has 2 heterocycles. The van der Waals surface area contributed by atoms with Gasteiger partial charge in [0.15, 0.2) is 0 Å². The summed E-state index contributed by atoms with van der Waals surface area (Å²) in [5.74, 6) is -1.91. The van der Waals surface area contributed by atoms with Gasteiger partial charge in [0, 0.05) is 19.4 Å². The van der Waals surface area contributed by atoms with E-state index in [2.05, 4.69) is 15.6 Å². The molecule has 11 heteroatoms. The van der Waals surface area contributed by atoms with Gasteiger partial charge < -0.3 is 25.7 Å². The van der Waals surface area contributed by atoms with E-state index in [1.807, 2.05) is 88.7 Å². The topological polar surface area (TPSA) is 149 Å². The van der Waals surface area contributed by atoms with Gasteiger partial charge in [-0.15, -0.1) is 11.3 Å². The first-order valence-corrected chi connectivity index (χ1v) is 17.0. The third kappa shape index (κ3) is 9.71. The van der Waals surface area contributed by atoms with Gasteiger partial charge in [-0.2, -0.15) is 0 Å². The molecule has 3 aromatic rings. The molecular formula is C36H46N4O6S. The van der Waals surface area contributed by atoms with Crippen LogP contribution >= 0.6 is 11.3 Å². The minimum Gasteiger partial charge on any atom is -0.481 e. The standard InChI is InChI=1S/C36H46N4O6S/c1-22(26-13-15-27(16-14-26)32-23(2)37-21-47-32)38-34(45)29-19-28(41)20-40(29)35(46)33(36(3,4)5)39-30(42)18-25-11-8-10-24(17-25)9-6-7-12-31(43)44/h8,10-11,13-17,21-22,28-29,33,41H,6-7,9,12,18-20H2,1-5H3,(H,38,45)(H,39,42)(H,43,44)/t22-,28+,29-,33+/m0/s1. The van der Waals surface area contributed by atoms with Crippen LogP contribution in [-0.2, 0) is 32.0 Å². The van der Waals surface area contributed by atoms with Gasteiger partial charge in [0.2, 0.25) is 17.7 Å². The minimum atomic E-state index is -0.921. The second-order valence-corrected chi connectivity index (χ2v) is 14.3. The SMILES string of the molecule is Cc1ncsc1-c1ccc([C@H](C)NC(=O)[C@@H]2C[C@@H](O)CN2C(=O)[C@@H](NC(=O)Cc2cccc(CCCCC(=O)O)c2)C(C)(C)C)cc1. The largest absolute Gasteiger partial charge is 0.481 e. The number of hydrogen-bond acceptors (Lipinski definition) is 7. The number of benzene rings is 2. The molecule has 1 fully saturated rings. The van der Waals surface area contributed by atoms with Crippen LogP contribution in [-0.4, -0.2) is 68.5 Å². The van der Waals surface area contributed by atoms with Crippen LogP contribution < -0.4 is 10.6 Å². The van der Waals surface area contributed by atoms with E-state index in [0.29, 0.717) is 12.8 Å². The summed E-state index contributed by atoms with van der Waals surface area (Å²) in [6.07, 6.45) is 1.47. The van der Waals surface area contributed by atoms with Crippen molar-refractivity contribution in [2.75, 3.05) is 6.54 Å². The Kier molecular flexibility index (Phi) is 11.9. The van der Waals surface area contributed by atoms with Crippen molar-refractivity contribution in [2.24, 2.45) is 5.41 Å². The van der Waals surface area contributed by atoms with Crippen molar-refractivity contribution in [1.82, 2.24) is 20.5 Å². The van der Waals surface area contributed by atoms with Crippen molar-refractivity contribution in [3.8, 4) is 10.4 Å². The summed E-state index contributed by atoms with van der Waals surface area (Å²) in [5.41, 5.74) is 5.88. The summed E-state index contributed by atoms with van der Waals surface area (Å²) in [5, 5.41) is 25.4. The lowest BCUT2D eigenvalue weighted by Gasteiger charge is -2.35. The fourth-order valence-corrected chi connectivity index (χ4v) is 6.72. The molecule has 2 aromatic carbocycles. The van der Waals surface area contributed by atoms with Gasteiger partial charge in [-0.05, 0) is 60.8 Å². The minimum absolute atomic E-state index is 0.000568. The van der Waals surface area contributed by atoms with Gasteiger partial charge in [0.25, 0.3) is 0 Å². The number of β-amino-alcohol motifs (C(OH)–C–C–N with tert-alkyl or cyclic N) is 1. The lowest BCUT2D eigenvalue weighted by Crippen LogP contribution is -2.58. The first kappa shape index (κ1) is 35.8. The molecule has 0 aliphatic carbocycles. The van der Waals surface area contributed by atoms with Gasteiger partial charge in [-0.3, -0.25) is 19.2 Å². The Morgan fingerprint density at radius 3 is 2.38 bits per heavy atom. The van der Waals surface area contributed by atoms with Crippen LogP contribution in [0, 0.1) is 12.3 Å². The fourth-order valence-electron chi connectivity index (χ4n) is 5.91. The van der Waals surface area contributed by atoms with Crippen LogP contribution in [0.3, 0.4) is 0 Å². The number of aryl methyl sites for hydroxylation is 2. The molecule has 0 bridgehead atoms. The molecule has 1 saturated heterocycles. The van der Waals surface area contributed by atoms with Crippen LogP contribution in [0.2, 0.25) is 0 Å². The molecule has 0 unspecified atom stereocenters.